The number of phenolic OH excluding ortho intramolecular Hbond substituents is 1. The van der Waals surface area contributed by atoms with Crippen molar-refractivity contribution >= 4 is 34.2 Å². The van der Waals surface area contributed by atoms with Crippen molar-refractivity contribution in [2.45, 2.75) is 0 Å². The van der Waals surface area contributed by atoms with Crippen molar-refractivity contribution in [3.05, 3.63) is 88.5 Å². The van der Waals surface area contributed by atoms with Crippen LogP contribution in [0.25, 0.3) is 22.4 Å². The van der Waals surface area contributed by atoms with E-state index in [0.29, 0.717) is 27.6 Å². The average molecular weight is 472 g/mol. The first-order chi connectivity index (χ1) is 16.7. The lowest BCUT2D eigenvalue weighted by Gasteiger charge is -2.09. The largest absolute Gasteiger partial charge is 0.502 e. The van der Waals surface area contributed by atoms with Gasteiger partial charge in [-0.3, -0.25) is 0 Å². The second kappa shape index (κ2) is 9.29. The highest BCUT2D eigenvalue weighted by molar-refractivity contribution is 7.07. The number of furan rings is 1. The fourth-order valence-corrected chi connectivity index (χ4v) is 4.33. The summed E-state index contributed by atoms with van der Waals surface area (Å²) in [5.41, 5.74) is 3.07. The van der Waals surface area contributed by atoms with Crippen LogP contribution in [0.5, 0.6) is 17.2 Å². The van der Waals surface area contributed by atoms with Gasteiger partial charge in [0.2, 0.25) is 10.6 Å². The first-order valence-corrected chi connectivity index (χ1v) is 11.3. The Labute approximate surface area is 199 Å². The molecule has 1 N–H and O–H groups in total. The molecule has 0 fully saturated rings. The third-order valence-corrected chi connectivity index (χ3v) is 5.98. The zero-order valence-corrected chi connectivity index (χ0v) is 19.3. The molecule has 2 heterocycles. The second-order valence-corrected chi connectivity index (χ2v) is 8.17. The molecule has 34 heavy (non-hydrogen) atoms. The minimum absolute atomic E-state index is 0.0620. The van der Waals surface area contributed by atoms with Gasteiger partial charge in [-0.2, -0.15) is 5.10 Å². The van der Waals surface area contributed by atoms with Gasteiger partial charge in [-0.15, -0.1) is 11.3 Å². The highest BCUT2D eigenvalue weighted by Crippen LogP contribution is 2.36. The van der Waals surface area contributed by atoms with E-state index in [1.54, 1.807) is 23.0 Å². The van der Waals surface area contributed by atoms with E-state index >= 15 is 0 Å². The molecule has 3 aromatic carbocycles. The van der Waals surface area contributed by atoms with Crippen LogP contribution in [0.1, 0.15) is 5.56 Å². The van der Waals surface area contributed by atoms with E-state index in [2.05, 4.69) is 0 Å². The third-order valence-electron chi connectivity index (χ3n) is 5.17. The van der Waals surface area contributed by atoms with Crippen LogP contribution < -0.4 is 14.3 Å². The number of hydrogen-bond donors (Lipinski definition) is 1. The SMILES string of the molecule is COc1cc(C=Nn2c(-c3cc4ccccc4o3)csc2=Nc2ccccc2)cc(OC)c1O. The Balaban J connectivity index is 1.65. The Bertz CT molecular complexity index is 1490. The summed E-state index contributed by atoms with van der Waals surface area (Å²) in [4.78, 5) is 5.45. The van der Waals surface area contributed by atoms with Crippen LogP contribution in [0, 0.1) is 0 Å². The summed E-state index contributed by atoms with van der Waals surface area (Å²) < 4.78 is 18.4. The van der Waals surface area contributed by atoms with Crippen molar-refractivity contribution in [2.24, 2.45) is 10.1 Å². The van der Waals surface area contributed by atoms with Crippen molar-refractivity contribution in [2.75, 3.05) is 14.2 Å². The lowest BCUT2D eigenvalue weighted by atomic mass is 10.2. The highest BCUT2D eigenvalue weighted by atomic mass is 32.1. The van der Waals surface area contributed by atoms with Crippen LogP contribution in [0.3, 0.4) is 0 Å². The summed E-state index contributed by atoms with van der Waals surface area (Å²) in [6, 6.07) is 22.9. The van der Waals surface area contributed by atoms with E-state index in [1.807, 2.05) is 66.0 Å². The maximum atomic E-state index is 10.2. The molecule has 0 saturated carbocycles. The lowest BCUT2D eigenvalue weighted by molar-refractivity contribution is 0.340. The van der Waals surface area contributed by atoms with Gasteiger partial charge in [0.1, 0.15) is 11.3 Å². The molecule has 0 saturated heterocycles. The number of aromatic nitrogens is 1. The molecular formula is C26H21N3O4S. The van der Waals surface area contributed by atoms with Crippen LogP contribution in [0.15, 0.2) is 92.7 Å². The number of ether oxygens (including phenoxy) is 2. The van der Waals surface area contributed by atoms with E-state index in [0.717, 1.165) is 22.4 Å². The maximum Gasteiger partial charge on any atom is 0.211 e. The quantitative estimate of drug-likeness (QED) is 0.317. The molecule has 0 bridgehead atoms. The summed E-state index contributed by atoms with van der Waals surface area (Å²) in [7, 11) is 2.97. The molecule has 0 unspecified atom stereocenters. The smallest absolute Gasteiger partial charge is 0.211 e. The number of fused-ring (bicyclic) bond motifs is 1. The molecule has 2 aromatic heterocycles. The number of nitrogens with zero attached hydrogens (tertiary/aromatic N) is 3. The van der Waals surface area contributed by atoms with Crippen molar-refractivity contribution in [3.63, 3.8) is 0 Å². The van der Waals surface area contributed by atoms with Gasteiger partial charge in [-0.05, 0) is 36.4 Å². The molecule has 0 spiro atoms. The molecule has 7 nitrogen and oxygen atoms in total. The lowest BCUT2D eigenvalue weighted by Crippen LogP contribution is -2.11. The third kappa shape index (κ3) is 4.18. The van der Waals surface area contributed by atoms with Gasteiger partial charge in [0.15, 0.2) is 17.3 Å². The monoisotopic (exact) mass is 471 g/mol. The van der Waals surface area contributed by atoms with Gasteiger partial charge in [0.25, 0.3) is 0 Å². The molecule has 5 rings (SSSR count). The molecule has 0 atom stereocenters. The van der Waals surface area contributed by atoms with Crippen molar-refractivity contribution in [1.29, 1.82) is 0 Å². The van der Waals surface area contributed by atoms with E-state index in [-0.39, 0.29) is 5.75 Å². The topological polar surface area (TPSA) is 81.5 Å². The molecular weight excluding hydrogens is 450 g/mol. The Morgan fingerprint density at radius 1 is 0.941 bits per heavy atom. The van der Waals surface area contributed by atoms with Crippen LogP contribution in [-0.4, -0.2) is 30.2 Å². The summed E-state index contributed by atoms with van der Waals surface area (Å²) in [6.45, 7) is 0. The van der Waals surface area contributed by atoms with Crippen LogP contribution >= 0.6 is 11.3 Å². The van der Waals surface area contributed by atoms with E-state index < -0.39 is 0 Å². The summed E-state index contributed by atoms with van der Waals surface area (Å²) in [5.74, 6) is 1.21. The van der Waals surface area contributed by atoms with Gasteiger partial charge < -0.3 is 19.0 Å². The average Bonchev–Trinajstić information content (AvgIpc) is 3.47. The van der Waals surface area contributed by atoms with Gasteiger partial charge >= 0.3 is 0 Å². The van der Waals surface area contributed by atoms with E-state index in [9.17, 15) is 5.11 Å². The normalized spacial score (nSPS) is 12.0. The molecule has 8 heteroatoms. The van der Waals surface area contributed by atoms with E-state index in [1.165, 1.54) is 25.6 Å². The molecule has 0 amide bonds. The number of rotatable bonds is 6. The Kier molecular flexibility index (Phi) is 5.88. The Hall–Kier alpha value is -4.30. The van der Waals surface area contributed by atoms with Crippen molar-refractivity contribution in [3.8, 4) is 28.7 Å². The minimum atomic E-state index is -0.0620. The van der Waals surface area contributed by atoms with Crippen molar-refractivity contribution < 1.29 is 19.0 Å². The number of benzene rings is 3. The Morgan fingerprint density at radius 2 is 1.65 bits per heavy atom. The fourth-order valence-electron chi connectivity index (χ4n) is 3.49. The summed E-state index contributed by atoms with van der Waals surface area (Å²) in [6.07, 6.45) is 1.66. The van der Waals surface area contributed by atoms with Gasteiger partial charge in [-0.25, -0.2) is 9.67 Å². The van der Waals surface area contributed by atoms with Crippen LogP contribution in [-0.2, 0) is 0 Å². The minimum Gasteiger partial charge on any atom is -0.502 e. The second-order valence-electron chi connectivity index (χ2n) is 7.33. The number of thiazole rings is 1. The van der Waals surface area contributed by atoms with Gasteiger partial charge in [0, 0.05) is 16.3 Å². The standard InChI is InChI=1S/C26H21N3O4S/c1-31-23-12-17(13-24(32-2)25(23)30)15-27-29-20(22-14-18-8-6-7-11-21(18)33-22)16-34-26(29)28-19-9-4-3-5-10-19/h3-16,30H,1-2H3. The van der Waals surface area contributed by atoms with E-state index in [4.69, 9.17) is 24.0 Å². The molecule has 170 valence electrons. The number of para-hydroxylation sites is 2. The molecule has 5 aromatic rings. The van der Waals surface area contributed by atoms with Crippen LogP contribution in [0.4, 0.5) is 5.69 Å². The molecule has 0 aliphatic heterocycles. The fraction of sp³-hybridized carbons (Fsp3) is 0.0769. The van der Waals surface area contributed by atoms with Gasteiger partial charge in [0.05, 0.1) is 26.1 Å². The highest BCUT2D eigenvalue weighted by Gasteiger charge is 2.14. The maximum absolute atomic E-state index is 10.2. The zero-order chi connectivity index (χ0) is 23.5. The first kappa shape index (κ1) is 21.5. The number of methoxy groups -OCH3 is 2. The molecule has 0 radical (unpaired) electrons. The Morgan fingerprint density at radius 3 is 2.35 bits per heavy atom. The predicted octanol–water partition coefficient (Wildman–Crippen LogP) is 5.80. The first-order valence-electron chi connectivity index (χ1n) is 10.4. The molecule has 0 aliphatic rings. The number of phenols is 1. The number of aromatic hydroxyl groups is 1. The summed E-state index contributed by atoms with van der Waals surface area (Å²) >= 11 is 1.46. The zero-order valence-electron chi connectivity index (χ0n) is 18.5. The summed E-state index contributed by atoms with van der Waals surface area (Å²) in [5, 5.41) is 17.9. The predicted molar refractivity (Wildman–Crippen MR) is 133 cm³/mol. The van der Waals surface area contributed by atoms with Crippen LogP contribution in [0.2, 0.25) is 0 Å². The molecule has 0 aliphatic carbocycles. The van der Waals surface area contributed by atoms with Crippen molar-refractivity contribution in [1.82, 2.24) is 4.68 Å². The van der Waals surface area contributed by atoms with Gasteiger partial charge in [-0.1, -0.05) is 36.4 Å². The number of hydrogen-bond acceptors (Lipinski definition) is 7.